The van der Waals surface area contributed by atoms with Gasteiger partial charge in [-0.1, -0.05) is 37.3 Å². The van der Waals surface area contributed by atoms with Crippen molar-refractivity contribution in [2.45, 2.75) is 63.8 Å². The van der Waals surface area contributed by atoms with Gasteiger partial charge in [0.15, 0.2) is 0 Å². The van der Waals surface area contributed by atoms with Crippen LogP contribution in [0.5, 0.6) is 0 Å². The van der Waals surface area contributed by atoms with Gasteiger partial charge in [-0.3, -0.25) is 4.79 Å². The summed E-state index contributed by atoms with van der Waals surface area (Å²) in [5.74, 6) is 2.16. The molecule has 1 aliphatic carbocycles. The maximum atomic E-state index is 12.4. The van der Waals surface area contributed by atoms with Gasteiger partial charge in [0, 0.05) is 12.5 Å². The molecule has 3 nitrogen and oxygen atoms in total. The Balaban J connectivity index is 1.40. The van der Waals surface area contributed by atoms with Crippen LogP contribution in [0.15, 0.2) is 30.3 Å². The molecule has 0 bridgehead atoms. The summed E-state index contributed by atoms with van der Waals surface area (Å²) in [6.07, 6.45) is 7.76. The first-order chi connectivity index (χ1) is 11.7. The Kier molecular flexibility index (Phi) is 6.30. The minimum Gasteiger partial charge on any atom is -0.353 e. The lowest BCUT2D eigenvalue weighted by Crippen LogP contribution is -2.39. The molecule has 0 aromatic heterocycles. The number of carbonyl (C=O) groups excluding carboxylic acids is 1. The summed E-state index contributed by atoms with van der Waals surface area (Å²) in [5, 5.41) is 6.71. The quantitative estimate of drug-likeness (QED) is 0.862. The van der Waals surface area contributed by atoms with Crippen LogP contribution < -0.4 is 10.6 Å². The fraction of sp³-hybridized carbons (Fsp3) is 0.667. The molecule has 3 heteroatoms. The summed E-state index contributed by atoms with van der Waals surface area (Å²) in [7, 11) is 0. The zero-order chi connectivity index (χ0) is 16.8. The van der Waals surface area contributed by atoms with Gasteiger partial charge in [0.1, 0.15) is 0 Å². The Morgan fingerprint density at radius 3 is 2.42 bits per heavy atom. The molecule has 1 amide bonds. The van der Waals surface area contributed by atoms with Gasteiger partial charge in [-0.25, -0.2) is 0 Å². The predicted octanol–water partition coefficient (Wildman–Crippen LogP) is 3.85. The molecular weight excluding hydrogens is 296 g/mol. The molecule has 2 aliphatic rings. The average molecular weight is 329 g/mol. The molecule has 1 heterocycles. The van der Waals surface area contributed by atoms with E-state index in [1.165, 1.54) is 31.2 Å². The first-order valence-corrected chi connectivity index (χ1v) is 9.77. The predicted molar refractivity (Wildman–Crippen MR) is 99.0 cm³/mol. The molecule has 1 aliphatic heterocycles. The van der Waals surface area contributed by atoms with E-state index in [9.17, 15) is 4.79 Å². The molecular formula is C21H32N2O. The first-order valence-electron chi connectivity index (χ1n) is 9.77. The fourth-order valence-electron chi connectivity index (χ4n) is 4.46. The van der Waals surface area contributed by atoms with Crippen LogP contribution >= 0.6 is 0 Å². The lowest BCUT2D eigenvalue weighted by atomic mass is 9.81. The van der Waals surface area contributed by atoms with Gasteiger partial charge < -0.3 is 10.6 Å². The second-order valence-electron chi connectivity index (χ2n) is 7.80. The summed E-state index contributed by atoms with van der Waals surface area (Å²) in [5.41, 5.74) is 1.46. The van der Waals surface area contributed by atoms with E-state index in [0.717, 1.165) is 25.9 Å². The van der Waals surface area contributed by atoms with E-state index in [2.05, 4.69) is 47.9 Å². The van der Waals surface area contributed by atoms with Crippen molar-refractivity contribution >= 4 is 5.91 Å². The normalized spacial score (nSPS) is 26.7. The summed E-state index contributed by atoms with van der Waals surface area (Å²) < 4.78 is 0. The lowest BCUT2D eigenvalue weighted by Gasteiger charge is -2.31. The third-order valence-corrected chi connectivity index (χ3v) is 6.06. The Bertz CT molecular complexity index is 502. The maximum absolute atomic E-state index is 12.4. The average Bonchev–Trinajstić information content (AvgIpc) is 2.64. The van der Waals surface area contributed by atoms with Crippen LogP contribution in [0.1, 0.15) is 63.4 Å². The fourth-order valence-corrected chi connectivity index (χ4v) is 4.46. The summed E-state index contributed by atoms with van der Waals surface area (Å²) in [6.45, 7) is 4.47. The Morgan fingerprint density at radius 1 is 1.08 bits per heavy atom. The second-order valence-corrected chi connectivity index (χ2v) is 7.80. The van der Waals surface area contributed by atoms with E-state index in [0.29, 0.717) is 30.2 Å². The highest BCUT2D eigenvalue weighted by atomic mass is 16.1. The Hall–Kier alpha value is -1.35. The molecule has 1 unspecified atom stereocenters. The monoisotopic (exact) mass is 328 g/mol. The molecule has 24 heavy (non-hydrogen) atoms. The minimum atomic E-state index is 0.268. The number of piperidine rings is 1. The number of hydrogen-bond donors (Lipinski definition) is 2. The van der Waals surface area contributed by atoms with Gasteiger partial charge in [0.25, 0.3) is 0 Å². The molecule has 1 aromatic rings. The molecule has 0 spiro atoms. The topological polar surface area (TPSA) is 41.1 Å². The highest BCUT2D eigenvalue weighted by molar-refractivity contribution is 5.76. The largest absolute Gasteiger partial charge is 0.353 e. The van der Waals surface area contributed by atoms with Crippen LogP contribution in [0.3, 0.4) is 0 Å². The van der Waals surface area contributed by atoms with Gasteiger partial charge in [-0.2, -0.15) is 0 Å². The van der Waals surface area contributed by atoms with Crippen LogP contribution in [-0.4, -0.2) is 25.0 Å². The van der Waals surface area contributed by atoms with Crippen molar-refractivity contribution in [1.29, 1.82) is 0 Å². The molecule has 132 valence electrons. The number of benzene rings is 1. The number of nitrogens with one attached hydrogen (secondary N) is 2. The molecule has 1 saturated carbocycles. The van der Waals surface area contributed by atoms with Gasteiger partial charge in [-0.05, 0) is 74.9 Å². The number of hydrogen-bond acceptors (Lipinski definition) is 2. The summed E-state index contributed by atoms with van der Waals surface area (Å²) in [4.78, 5) is 12.4. The van der Waals surface area contributed by atoms with Crippen LogP contribution in [-0.2, 0) is 4.79 Å². The highest BCUT2D eigenvalue weighted by Gasteiger charge is 2.26. The van der Waals surface area contributed by atoms with E-state index in [1.54, 1.807) is 0 Å². The zero-order valence-electron chi connectivity index (χ0n) is 15.0. The van der Waals surface area contributed by atoms with Gasteiger partial charge in [0.05, 0.1) is 0 Å². The van der Waals surface area contributed by atoms with Crippen molar-refractivity contribution in [1.82, 2.24) is 10.6 Å². The van der Waals surface area contributed by atoms with Crippen LogP contribution in [0, 0.1) is 11.8 Å². The van der Waals surface area contributed by atoms with Gasteiger partial charge in [-0.15, -0.1) is 0 Å². The van der Waals surface area contributed by atoms with E-state index in [4.69, 9.17) is 0 Å². The number of carbonyl (C=O) groups is 1. The maximum Gasteiger partial charge on any atom is 0.220 e. The molecule has 0 radical (unpaired) electrons. The van der Waals surface area contributed by atoms with E-state index >= 15 is 0 Å². The second kappa shape index (κ2) is 8.66. The van der Waals surface area contributed by atoms with Gasteiger partial charge >= 0.3 is 0 Å². The van der Waals surface area contributed by atoms with Gasteiger partial charge in [0.2, 0.25) is 5.91 Å². The molecule has 2 fully saturated rings. The molecule has 3 rings (SSSR count). The van der Waals surface area contributed by atoms with Crippen molar-refractivity contribution in [3.8, 4) is 0 Å². The standard InChI is InChI=1S/C21H32N2O/c1-16(17-11-13-22-14-12-17)15-21(24)23-20-9-7-19(8-10-20)18-5-3-2-4-6-18/h2-6,16-17,19-20,22H,7-15H2,1H3,(H,23,24). The molecule has 1 atom stereocenters. The van der Waals surface area contributed by atoms with Crippen LogP contribution in [0.25, 0.3) is 0 Å². The van der Waals surface area contributed by atoms with Crippen LogP contribution in [0.4, 0.5) is 0 Å². The van der Waals surface area contributed by atoms with Crippen molar-refractivity contribution in [3.05, 3.63) is 35.9 Å². The first kappa shape index (κ1) is 17.5. The molecule has 1 aromatic carbocycles. The van der Waals surface area contributed by atoms with Crippen LogP contribution in [0.2, 0.25) is 0 Å². The van der Waals surface area contributed by atoms with Crippen molar-refractivity contribution in [2.24, 2.45) is 11.8 Å². The molecule has 2 N–H and O–H groups in total. The highest BCUT2D eigenvalue weighted by Crippen LogP contribution is 2.33. The zero-order valence-corrected chi connectivity index (χ0v) is 15.0. The van der Waals surface area contributed by atoms with Crippen molar-refractivity contribution in [2.75, 3.05) is 13.1 Å². The molecule has 1 saturated heterocycles. The lowest BCUT2D eigenvalue weighted by molar-refractivity contribution is -0.123. The van der Waals surface area contributed by atoms with E-state index in [1.807, 2.05) is 0 Å². The third kappa shape index (κ3) is 4.83. The SMILES string of the molecule is CC(CC(=O)NC1CCC(c2ccccc2)CC1)C1CCNCC1. The van der Waals surface area contributed by atoms with Crippen molar-refractivity contribution < 1.29 is 4.79 Å². The third-order valence-electron chi connectivity index (χ3n) is 6.06. The van der Waals surface area contributed by atoms with E-state index < -0.39 is 0 Å². The summed E-state index contributed by atoms with van der Waals surface area (Å²) in [6, 6.07) is 11.2. The van der Waals surface area contributed by atoms with E-state index in [-0.39, 0.29) is 5.91 Å². The smallest absolute Gasteiger partial charge is 0.220 e. The Labute approximate surface area is 146 Å². The summed E-state index contributed by atoms with van der Waals surface area (Å²) >= 11 is 0. The van der Waals surface area contributed by atoms with Crippen molar-refractivity contribution in [3.63, 3.8) is 0 Å². The minimum absolute atomic E-state index is 0.268. The Morgan fingerprint density at radius 2 is 1.75 bits per heavy atom. The number of amides is 1. The number of rotatable bonds is 5.